The van der Waals surface area contributed by atoms with Gasteiger partial charge in [0.15, 0.2) is 0 Å². The molecule has 4 nitrogen and oxygen atoms in total. The fraction of sp³-hybridized carbons (Fsp3) is 0.308. The van der Waals surface area contributed by atoms with E-state index in [9.17, 15) is 9.90 Å². The summed E-state index contributed by atoms with van der Waals surface area (Å²) >= 11 is 0. The molecule has 1 aromatic rings. The summed E-state index contributed by atoms with van der Waals surface area (Å²) in [6.45, 7) is 2.00. The number of nitrogens with one attached hydrogen (secondary N) is 1. The van der Waals surface area contributed by atoms with Crippen molar-refractivity contribution >= 4 is 5.91 Å². The van der Waals surface area contributed by atoms with Crippen molar-refractivity contribution in [2.24, 2.45) is 0 Å². The lowest BCUT2D eigenvalue weighted by Gasteiger charge is -2.03. The highest BCUT2D eigenvalue weighted by molar-refractivity contribution is 5.72. The number of ether oxygens (including phenoxy) is 1. The second kappa shape index (κ2) is 6.44. The Hall–Kier alpha value is -2.15. The molecule has 0 fully saturated rings. The number of carbonyl (C=O) groups is 1. The maximum atomic E-state index is 10.6. The van der Waals surface area contributed by atoms with Crippen molar-refractivity contribution in [2.45, 2.75) is 13.3 Å². The molecule has 1 amide bonds. The van der Waals surface area contributed by atoms with Gasteiger partial charge in [-0.3, -0.25) is 4.79 Å². The Kier molecular flexibility index (Phi) is 4.89. The molecule has 2 N–H and O–H groups in total. The molecular weight excluding hydrogens is 218 g/mol. The summed E-state index contributed by atoms with van der Waals surface area (Å²) in [5, 5.41) is 11.9. The third kappa shape index (κ3) is 4.47. The van der Waals surface area contributed by atoms with Gasteiger partial charge in [0.2, 0.25) is 5.91 Å². The summed E-state index contributed by atoms with van der Waals surface area (Å²) in [7, 11) is 1.53. The van der Waals surface area contributed by atoms with Gasteiger partial charge in [0.05, 0.1) is 12.7 Å². The zero-order valence-corrected chi connectivity index (χ0v) is 9.91. The standard InChI is InChI=1S/C13H15NO3/c1-10(15)14-8-4-3-5-11-6-7-12(16)9-13(11)17-2/h6-7,9,16H,4,8H2,1-2H3,(H,14,15). The van der Waals surface area contributed by atoms with Gasteiger partial charge in [0.25, 0.3) is 0 Å². The van der Waals surface area contributed by atoms with E-state index in [0.717, 1.165) is 0 Å². The maximum absolute atomic E-state index is 10.6. The van der Waals surface area contributed by atoms with Crippen LogP contribution in [0.5, 0.6) is 11.5 Å². The average Bonchev–Trinajstić information content (AvgIpc) is 2.29. The monoisotopic (exact) mass is 233 g/mol. The average molecular weight is 233 g/mol. The highest BCUT2D eigenvalue weighted by atomic mass is 16.5. The van der Waals surface area contributed by atoms with Crippen LogP contribution in [0.25, 0.3) is 0 Å². The van der Waals surface area contributed by atoms with Crippen LogP contribution >= 0.6 is 0 Å². The minimum atomic E-state index is -0.0611. The largest absolute Gasteiger partial charge is 0.508 e. The number of carbonyl (C=O) groups excluding carboxylic acids is 1. The molecule has 0 unspecified atom stereocenters. The number of phenolic OH excluding ortho intramolecular Hbond substituents is 1. The second-order valence-electron chi connectivity index (χ2n) is 3.42. The first-order valence-electron chi connectivity index (χ1n) is 5.24. The zero-order valence-electron chi connectivity index (χ0n) is 9.91. The Morgan fingerprint density at radius 3 is 2.94 bits per heavy atom. The predicted molar refractivity (Wildman–Crippen MR) is 64.8 cm³/mol. The molecule has 0 aromatic heterocycles. The SMILES string of the molecule is COc1cc(O)ccc1C#CCCNC(C)=O. The number of hydrogen-bond donors (Lipinski definition) is 2. The van der Waals surface area contributed by atoms with Crippen LogP contribution in [0.15, 0.2) is 18.2 Å². The van der Waals surface area contributed by atoms with Gasteiger partial charge < -0.3 is 15.2 Å². The highest BCUT2D eigenvalue weighted by Gasteiger charge is 2.00. The summed E-state index contributed by atoms with van der Waals surface area (Å²) < 4.78 is 5.09. The lowest BCUT2D eigenvalue weighted by molar-refractivity contribution is -0.118. The molecule has 4 heteroatoms. The Labute approximate surface area is 101 Å². The Balaban J connectivity index is 2.62. The van der Waals surface area contributed by atoms with Gasteiger partial charge in [0.1, 0.15) is 11.5 Å². The third-order valence-corrected chi connectivity index (χ3v) is 2.03. The van der Waals surface area contributed by atoms with Crippen molar-refractivity contribution in [3.05, 3.63) is 23.8 Å². The summed E-state index contributed by atoms with van der Waals surface area (Å²) in [6.07, 6.45) is 0.573. The van der Waals surface area contributed by atoms with E-state index >= 15 is 0 Å². The van der Waals surface area contributed by atoms with Gasteiger partial charge in [-0.1, -0.05) is 11.8 Å². The first-order chi connectivity index (χ1) is 8.13. The van der Waals surface area contributed by atoms with Gasteiger partial charge in [-0.25, -0.2) is 0 Å². The highest BCUT2D eigenvalue weighted by Crippen LogP contribution is 2.22. The van der Waals surface area contributed by atoms with E-state index in [1.165, 1.54) is 20.1 Å². The fourth-order valence-corrected chi connectivity index (χ4v) is 1.24. The number of benzene rings is 1. The van der Waals surface area contributed by atoms with E-state index in [4.69, 9.17) is 4.74 Å². The smallest absolute Gasteiger partial charge is 0.216 e. The van der Waals surface area contributed by atoms with Crippen molar-refractivity contribution in [1.29, 1.82) is 0 Å². The van der Waals surface area contributed by atoms with Crippen LogP contribution in [0, 0.1) is 11.8 Å². The van der Waals surface area contributed by atoms with E-state index in [-0.39, 0.29) is 11.7 Å². The number of aromatic hydroxyl groups is 1. The molecule has 0 aliphatic carbocycles. The molecule has 0 saturated carbocycles. The van der Waals surface area contributed by atoms with E-state index in [1.54, 1.807) is 12.1 Å². The van der Waals surface area contributed by atoms with Crippen molar-refractivity contribution in [2.75, 3.05) is 13.7 Å². The lowest BCUT2D eigenvalue weighted by Crippen LogP contribution is -2.20. The zero-order chi connectivity index (χ0) is 12.7. The predicted octanol–water partition coefficient (Wildman–Crippen LogP) is 1.28. The molecule has 0 saturated heterocycles. The van der Waals surface area contributed by atoms with Crippen LogP contribution < -0.4 is 10.1 Å². The van der Waals surface area contributed by atoms with Crippen LogP contribution in [-0.4, -0.2) is 24.7 Å². The summed E-state index contributed by atoms with van der Waals surface area (Å²) in [5.41, 5.74) is 0.716. The molecule has 90 valence electrons. The molecule has 0 atom stereocenters. The first-order valence-corrected chi connectivity index (χ1v) is 5.24. The normalized spacial score (nSPS) is 9.06. The Morgan fingerprint density at radius 2 is 2.29 bits per heavy atom. The maximum Gasteiger partial charge on any atom is 0.216 e. The van der Waals surface area contributed by atoms with Crippen LogP contribution in [-0.2, 0) is 4.79 Å². The summed E-state index contributed by atoms with van der Waals surface area (Å²) in [6, 6.07) is 4.76. The summed E-state index contributed by atoms with van der Waals surface area (Å²) in [4.78, 5) is 10.6. The quantitative estimate of drug-likeness (QED) is 0.610. The van der Waals surface area contributed by atoms with Crippen LogP contribution in [0.3, 0.4) is 0 Å². The summed E-state index contributed by atoms with van der Waals surface area (Å²) in [5.74, 6) is 6.47. The Morgan fingerprint density at radius 1 is 1.53 bits per heavy atom. The Bertz CT molecular complexity index is 457. The molecule has 17 heavy (non-hydrogen) atoms. The van der Waals surface area contributed by atoms with Gasteiger partial charge >= 0.3 is 0 Å². The van der Waals surface area contributed by atoms with Gasteiger partial charge in [-0.2, -0.15) is 0 Å². The number of amides is 1. The molecule has 0 aliphatic heterocycles. The van der Waals surface area contributed by atoms with Crippen LogP contribution in [0.4, 0.5) is 0 Å². The molecule has 0 bridgehead atoms. The molecule has 0 spiro atoms. The van der Waals surface area contributed by atoms with E-state index in [2.05, 4.69) is 17.2 Å². The van der Waals surface area contributed by atoms with E-state index < -0.39 is 0 Å². The van der Waals surface area contributed by atoms with Crippen molar-refractivity contribution < 1.29 is 14.6 Å². The van der Waals surface area contributed by atoms with Crippen LogP contribution in [0.1, 0.15) is 18.9 Å². The van der Waals surface area contributed by atoms with Gasteiger partial charge in [0, 0.05) is 26.0 Å². The molecule has 1 aromatic carbocycles. The number of methoxy groups -OCH3 is 1. The minimum absolute atomic E-state index is 0.0611. The fourth-order valence-electron chi connectivity index (χ4n) is 1.24. The van der Waals surface area contributed by atoms with Crippen molar-refractivity contribution in [1.82, 2.24) is 5.32 Å². The number of hydrogen-bond acceptors (Lipinski definition) is 3. The van der Waals surface area contributed by atoms with Gasteiger partial charge in [-0.05, 0) is 12.1 Å². The number of rotatable bonds is 3. The second-order valence-corrected chi connectivity index (χ2v) is 3.42. The number of phenols is 1. The third-order valence-electron chi connectivity index (χ3n) is 2.03. The topological polar surface area (TPSA) is 58.6 Å². The lowest BCUT2D eigenvalue weighted by atomic mass is 10.2. The van der Waals surface area contributed by atoms with Crippen molar-refractivity contribution in [3.63, 3.8) is 0 Å². The van der Waals surface area contributed by atoms with Crippen LogP contribution in [0.2, 0.25) is 0 Å². The molecule has 0 radical (unpaired) electrons. The molecule has 0 heterocycles. The van der Waals surface area contributed by atoms with Gasteiger partial charge in [-0.15, -0.1) is 0 Å². The van der Waals surface area contributed by atoms with Crippen molar-refractivity contribution in [3.8, 4) is 23.3 Å². The minimum Gasteiger partial charge on any atom is -0.508 e. The molecule has 0 aliphatic rings. The molecular formula is C13H15NO3. The molecule has 1 rings (SSSR count). The van der Waals surface area contributed by atoms with E-state index in [0.29, 0.717) is 24.3 Å². The van der Waals surface area contributed by atoms with E-state index in [1.807, 2.05) is 0 Å². The first kappa shape index (κ1) is 12.9.